The predicted molar refractivity (Wildman–Crippen MR) is 87.2 cm³/mol. The van der Waals surface area contributed by atoms with Gasteiger partial charge in [-0.3, -0.25) is 4.79 Å². The number of nitrogens with one attached hydrogen (secondary N) is 1. The minimum atomic E-state index is -1.09. The summed E-state index contributed by atoms with van der Waals surface area (Å²) in [6, 6.07) is 10.1. The smallest absolute Gasteiger partial charge is 0.352 e. The van der Waals surface area contributed by atoms with Crippen LogP contribution in [0.15, 0.2) is 42.6 Å². The number of carbonyl (C=O) groups is 2. The lowest BCUT2D eigenvalue weighted by atomic mass is 10.2. The predicted octanol–water partition coefficient (Wildman–Crippen LogP) is 1.50. The summed E-state index contributed by atoms with van der Waals surface area (Å²) in [7, 11) is 0. The lowest BCUT2D eigenvalue weighted by Gasteiger charge is -2.24. The molecule has 0 spiro atoms. The highest BCUT2D eigenvalue weighted by molar-refractivity contribution is 7.80. The van der Waals surface area contributed by atoms with Gasteiger partial charge in [0.25, 0.3) is 0 Å². The fourth-order valence-corrected chi connectivity index (χ4v) is 2.16. The van der Waals surface area contributed by atoms with Crippen molar-refractivity contribution in [3.8, 4) is 0 Å². The van der Waals surface area contributed by atoms with Gasteiger partial charge in [0.2, 0.25) is 5.91 Å². The molecule has 1 heterocycles. The number of carbonyl (C=O) groups excluding carboxylic acids is 1. The van der Waals surface area contributed by atoms with E-state index in [4.69, 9.17) is 10.8 Å². The maximum atomic E-state index is 12.4. The number of benzene rings is 1. The Balaban J connectivity index is 2.31. The van der Waals surface area contributed by atoms with Crippen molar-refractivity contribution in [1.82, 2.24) is 4.98 Å². The number of carboxylic acids is 1. The van der Waals surface area contributed by atoms with Crippen LogP contribution in [0.4, 0.5) is 5.69 Å². The number of aromatic amines is 1. The van der Waals surface area contributed by atoms with E-state index in [-0.39, 0.29) is 17.4 Å². The van der Waals surface area contributed by atoms with Gasteiger partial charge in [-0.1, -0.05) is 30.3 Å². The van der Waals surface area contributed by atoms with Crippen LogP contribution in [0.25, 0.3) is 0 Å². The number of amides is 1. The number of aromatic carboxylic acids is 1. The zero-order valence-electron chi connectivity index (χ0n) is 11.8. The van der Waals surface area contributed by atoms with Crippen LogP contribution in [0, 0.1) is 0 Å². The summed E-state index contributed by atoms with van der Waals surface area (Å²) < 4.78 is 0. The van der Waals surface area contributed by atoms with Gasteiger partial charge in [-0.25, -0.2) is 4.79 Å². The standard InChI is InChI=1S/C15H17N3O3S/c16-12(9-22)14(19)18(8-10-4-2-1-3-5-10)11-6-13(15(20)21)17-7-11/h1-7,12,17,22H,8-9,16H2,(H,20,21)/t12-/m0/s1. The number of nitrogens with zero attached hydrogens (tertiary/aromatic N) is 1. The fraction of sp³-hybridized carbons (Fsp3) is 0.200. The molecule has 0 aliphatic carbocycles. The first-order valence-electron chi connectivity index (χ1n) is 6.66. The molecule has 2 rings (SSSR count). The van der Waals surface area contributed by atoms with Gasteiger partial charge in [-0.05, 0) is 11.6 Å². The van der Waals surface area contributed by atoms with Crippen molar-refractivity contribution in [1.29, 1.82) is 0 Å². The number of nitrogens with two attached hydrogens (primary N) is 1. The van der Waals surface area contributed by atoms with E-state index in [1.54, 1.807) is 0 Å². The molecule has 0 aliphatic rings. The topological polar surface area (TPSA) is 99.4 Å². The molecule has 7 heteroatoms. The van der Waals surface area contributed by atoms with Crippen LogP contribution >= 0.6 is 12.6 Å². The molecule has 0 unspecified atom stereocenters. The monoisotopic (exact) mass is 319 g/mol. The lowest BCUT2D eigenvalue weighted by Crippen LogP contribution is -2.44. The first kappa shape index (κ1) is 16.1. The Hall–Kier alpha value is -2.25. The summed E-state index contributed by atoms with van der Waals surface area (Å²) in [5.41, 5.74) is 7.17. The Morgan fingerprint density at radius 3 is 2.55 bits per heavy atom. The van der Waals surface area contributed by atoms with Gasteiger partial charge < -0.3 is 20.7 Å². The Morgan fingerprint density at radius 1 is 1.32 bits per heavy atom. The number of hydrogen-bond acceptors (Lipinski definition) is 4. The quantitative estimate of drug-likeness (QED) is 0.606. The highest BCUT2D eigenvalue weighted by atomic mass is 32.1. The minimum Gasteiger partial charge on any atom is -0.477 e. The van der Waals surface area contributed by atoms with E-state index < -0.39 is 12.0 Å². The molecular formula is C15H17N3O3S. The third kappa shape index (κ3) is 3.69. The van der Waals surface area contributed by atoms with Crippen LogP contribution < -0.4 is 10.6 Å². The van der Waals surface area contributed by atoms with E-state index in [0.717, 1.165) is 5.56 Å². The number of rotatable bonds is 6. The molecule has 0 radical (unpaired) electrons. The van der Waals surface area contributed by atoms with E-state index in [9.17, 15) is 9.59 Å². The summed E-state index contributed by atoms with van der Waals surface area (Å²) in [5.74, 6) is -1.19. The Kier molecular flexibility index (Phi) is 5.24. The molecule has 4 N–H and O–H groups in total. The zero-order valence-corrected chi connectivity index (χ0v) is 12.7. The number of thiol groups is 1. The first-order valence-corrected chi connectivity index (χ1v) is 7.29. The molecule has 0 bridgehead atoms. The minimum absolute atomic E-state index is 0.0142. The van der Waals surface area contributed by atoms with Crippen LogP contribution in [0.5, 0.6) is 0 Å². The second kappa shape index (κ2) is 7.15. The van der Waals surface area contributed by atoms with Gasteiger partial charge in [-0.2, -0.15) is 12.6 Å². The van der Waals surface area contributed by atoms with Crippen molar-refractivity contribution in [3.63, 3.8) is 0 Å². The van der Waals surface area contributed by atoms with Crippen LogP contribution in [0.3, 0.4) is 0 Å². The van der Waals surface area contributed by atoms with Gasteiger partial charge in [-0.15, -0.1) is 0 Å². The van der Waals surface area contributed by atoms with Crippen molar-refractivity contribution in [2.75, 3.05) is 10.7 Å². The number of aromatic nitrogens is 1. The first-order chi connectivity index (χ1) is 10.5. The molecule has 0 saturated carbocycles. The maximum Gasteiger partial charge on any atom is 0.352 e. The Labute approximate surface area is 133 Å². The summed E-state index contributed by atoms with van der Waals surface area (Å²) in [6.45, 7) is 0.304. The van der Waals surface area contributed by atoms with Crippen molar-refractivity contribution in [2.24, 2.45) is 5.73 Å². The number of hydrogen-bond donors (Lipinski definition) is 4. The largest absolute Gasteiger partial charge is 0.477 e. The third-order valence-electron chi connectivity index (χ3n) is 3.17. The normalized spacial score (nSPS) is 11.9. The number of carboxylic acid groups (broad SMARTS) is 1. The van der Waals surface area contributed by atoms with Crippen molar-refractivity contribution in [3.05, 3.63) is 53.9 Å². The highest BCUT2D eigenvalue weighted by Gasteiger charge is 2.23. The number of H-pyrrole nitrogens is 1. The van der Waals surface area contributed by atoms with E-state index in [1.165, 1.54) is 17.2 Å². The van der Waals surface area contributed by atoms with Crippen LogP contribution in [0.2, 0.25) is 0 Å². The molecule has 1 atom stereocenters. The average molecular weight is 319 g/mol. The van der Waals surface area contributed by atoms with Crippen molar-refractivity contribution in [2.45, 2.75) is 12.6 Å². The highest BCUT2D eigenvalue weighted by Crippen LogP contribution is 2.20. The maximum absolute atomic E-state index is 12.4. The molecular weight excluding hydrogens is 302 g/mol. The van der Waals surface area contributed by atoms with E-state index in [1.807, 2.05) is 30.3 Å². The van der Waals surface area contributed by atoms with Gasteiger partial charge in [0.1, 0.15) is 5.69 Å². The molecule has 1 aromatic carbocycles. The molecule has 2 aromatic rings. The molecule has 0 saturated heterocycles. The van der Waals surface area contributed by atoms with Crippen molar-refractivity contribution >= 4 is 30.2 Å². The molecule has 6 nitrogen and oxygen atoms in total. The van der Waals surface area contributed by atoms with Gasteiger partial charge in [0.15, 0.2) is 0 Å². The number of anilines is 1. The summed E-state index contributed by atoms with van der Waals surface area (Å²) >= 11 is 4.05. The van der Waals surface area contributed by atoms with Gasteiger partial charge >= 0.3 is 5.97 Å². The molecule has 0 fully saturated rings. The van der Waals surface area contributed by atoms with E-state index in [2.05, 4.69) is 17.6 Å². The van der Waals surface area contributed by atoms with Crippen molar-refractivity contribution < 1.29 is 14.7 Å². The van der Waals surface area contributed by atoms with Crippen LogP contribution in [0.1, 0.15) is 16.1 Å². The summed E-state index contributed by atoms with van der Waals surface area (Å²) in [5, 5.41) is 8.99. The molecule has 1 amide bonds. The lowest BCUT2D eigenvalue weighted by molar-refractivity contribution is -0.119. The van der Waals surface area contributed by atoms with Gasteiger partial charge in [0, 0.05) is 11.9 Å². The average Bonchev–Trinajstić information content (AvgIpc) is 3.02. The van der Waals surface area contributed by atoms with E-state index >= 15 is 0 Å². The SMILES string of the molecule is N[C@@H](CS)C(=O)N(Cc1ccccc1)c1c[nH]c(C(=O)O)c1. The Morgan fingerprint density at radius 2 is 2.00 bits per heavy atom. The Bertz CT molecular complexity index is 657. The molecule has 116 valence electrons. The summed E-state index contributed by atoms with van der Waals surface area (Å²) in [6.07, 6.45) is 1.48. The fourth-order valence-electron chi connectivity index (χ4n) is 2.00. The molecule has 22 heavy (non-hydrogen) atoms. The van der Waals surface area contributed by atoms with E-state index in [0.29, 0.717) is 12.2 Å². The summed E-state index contributed by atoms with van der Waals surface area (Å²) in [4.78, 5) is 27.5. The molecule has 1 aromatic heterocycles. The van der Waals surface area contributed by atoms with Crippen LogP contribution in [-0.2, 0) is 11.3 Å². The second-order valence-electron chi connectivity index (χ2n) is 4.78. The van der Waals surface area contributed by atoms with Gasteiger partial charge in [0.05, 0.1) is 18.3 Å². The zero-order chi connectivity index (χ0) is 16.1. The third-order valence-corrected chi connectivity index (χ3v) is 3.57. The molecule has 0 aliphatic heterocycles. The second-order valence-corrected chi connectivity index (χ2v) is 5.14. The van der Waals surface area contributed by atoms with Crippen LogP contribution in [-0.4, -0.2) is 33.8 Å².